The van der Waals surface area contributed by atoms with Gasteiger partial charge in [-0.25, -0.2) is 4.57 Å². The molecule has 0 radical (unpaired) electrons. The summed E-state index contributed by atoms with van der Waals surface area (Å²) in [6.45, 7) is 7.48. The zero-order chi connectivity index (χ0) is 42.1. The lowest BCUT2D eigenvalue weighted by Crippen LogP contribution is -2.29. The van der Waals surface area contributed by atoms with Crippen molar-refractivity contribution in [2.45, 2.75) is 181 Å². The van der Waals surface area contributed by atoms with Crippen LogP contribution >= 0.6 is 7.82 Å². The van der Waals surface area contributed by atoms with Crippen molar-refractivity contribution >= 4 is 25.5 Å². The largest absolute Gasteiger partial charge is 0.472 e. The molecule has 57 heavy (non-hydrogen) atoms. The number of ketones is 1. The van der Waals surface area contributed by atoms with Crippen LogP contribution in [0.5, 0.6) is 0 Å². The maximum atomic E-state index is 12.7. The minimum atomic E-state index is -4.46. The van der Waals surface area contributed by atoms with E-state index < -0.39 is 50.6 Å². The smallest absolute Gasteiger partial charge is 0.466 e. The summed E-state index contributed by atoms with van der Waals surface area (Å²) < 4.78 is 38.9. The lowest BCUT2D eigenvalue weighted by molar-refractivity contribution is -0.161. The molecule has 6 atom stereocenters. The second-order valence-corrected chi connectivity index (χ2v) is 17.0. The molecule has 0 spiro atoms. The number of allylic oxidation sites excluding steroid dienone is 1. The quantitative estimate of drug-likeness (QED) is 0.0229. The zero-order valence-corrected chi connectivity index (χ0v) is 36.2. The number of esters is 2. The molecular weight excluding hydrogens is 753 g/mol. The van der Waals surface area contributed by atoms with Gasteiger partial charge in [0, 0.05) is 44.6 Å². The minimum absolute atomic E-state index is 0.00533. The number of furan rings is 1. The first-order chi connectivity index (χ1) is 27.3. The normalized spacial score (nSPS) is 19.2. The summed E-state index contributed by atoms with van der Waals surface area (Å²) >= 11 is 0. The molecule has 0 bridgehead atoms. The summed E-state index contributed by atoms with van der Waals surface area (Å²) in [6, 6.07) is 0. The van der Waals surface area contributed by atoms with Crippen molar-refractivity contribution in [3.63, 3.8) is 0 Å². The molecule has 0 aliphatic heterocycles. The lowest BCUT2D eigenvalue weighted by atomic mass is 9.88. The number of aliphatic hydroxyl groups is 2. The molecule has 14 heteroatoms. The van der Waals surface area contributed by atoms with Gasteiger partial charge in [0.05, 0.1) is 25.4 Å². The molecule has 0 aromatic carbocycles. The monoisotopic (exact) mass is 827 g/mol. The van der Waals surface area contributed by atoms with Crippen molar-refractivity contribution in [1.82, 2.24) is 0 Å². The van der Waals surface area contributed by atoms with Crippen LogP contribution in [0.25, 0.3) is 0 Å². The van der Waals surface area contributed by atoms with Gasteiger partial charge in [-0.1, -0.05) is 90.2 Å². The van der Waals surface area contributed by atoms with Crippen molar-refractivity contribution in [3.05, 3.63) is 34.8 Å². The molecule has 2 rings (SSSR count). The Labute approximate surface area is 341 Å². The molecule has 1 unspecified atom stereocenters. The van der Waals surface area contributed by atoms with Crippen LogP contribution in [0.4, 0.5) is 0 Å². The Morgan fingerprint density at radius 3 is 2.16 bits per heavy atom. The fraction of sp³-hybridized carbons (Fsp3) is 0.791. The van der Waals surface area contributed by atoms with Crippen molar-refractivity contribution in [2.24, 2.45) is 17.6 Å². The third-order valence-electron chi connectivity index (χ3n) is 10.7. The summed E-state index contributed by atoms with van der Waals surface area (Å²) in [7, 11) is -4.46. The van der Waals surface area contributed by atoms with E-state index in [-0.39, 0.29) is 50.7 Å². The average molecular weight is 828 g/mol. The van der Waals surface area contributed by atoms with Crippen LogP contribution < -0.4 is 5.73 Å². The number of hydrogen-bond donors (Lipinski definition) is 4. The van der Waals surface area contributed by atoms with E-state index in [4.69, 9.17) is 28.7 Å². The van der Waals surface area contributed by atoms with E-state index in [0.29, 0.717) is 32.1 Å². The van der Waals surface area contributed by atoms with Crippen molar-refractivity contribution in [1.29, 1.82) is 0 Å². The number of phosphoric acid groups is 1. The van der Waals surface area contributed by atoms with E-state index in [9.17, 15) is 34.1 Å². The third kappa shape index (κ3) is 20.9. The number of nitrogens with two attached hydrogens (primary N) is 1. The fourth-order valence-electron chi connectivity index (χ4n) is 7.23. The first kappa shape index (κ1) is 50.8. The molecule has 1 aliphatic rings. The topological polar surface area (TPSA) is 205 Å². The number of ether oxygens (including phenoxy) is 2. The van der Waals surface area contributed by atoms with E-state index in [2.05, 4.69) is 27.7 Å². The number of carbonyl (C=O) groups is 3. The predicted molar refractivity (Wildman–Crippen MR) is 219 cm³/mol. The molecule has 1 aliphatic carbocycles. The van der Waals surface area contributed by atoms with E-state index in [1.54, 1.807) is 12.2 Å². The van der Waals surface area contributed by atoms with Gasteiger partial charge in [0.25, 0.3) is 0 Å². The molecule has 328 valence electrons. The SMILES string of the molecule is CCCCC[C@H](O)/C=C/[C@H]1C(=O)C[C@H](O)[C@@H]1CCCCCCC(=O)O[C@H](COC(=O)CCCCCCCCc1oc(CCC)c(C)c1C)COP(=O)(O)OCCN. The van der Waals surface area contributed by atoms with Crippen LogP contribution in [-0.2, 0) is 50.3 Å². The van der Waals surface area contributed by atoms with Crippen LogP contribution in [0.1, 0.15) is 158 Å². The highest BCUT2D eigenvalue weighted by atomic mass is 31.2. The number of phosphoric ester groups is 1. The van der Waals surface area contributed by atoms with Crippen LogP contribution in [0.3, 0.4) is 0 Å². The zero-order valence-electron chi connectivity index (χ0n) is 35.3. The number of hydrogen-bond acceptors (Lipinski definition) is 12. The molecular formula is C43H74NO12P. The van der Waals surface area contributed by atoms with Crippen LogP contribution in [0, 0.1) is 25.7 Å². The highest BCUT2D eigenvalue weighted by molar-refractivity contribution is 7.47. The summed E-state index contributed by atoms with van der Waals surface area (Å²) in [4.78, 5) is 47.7. The van der Waals surface area contributed by atoms with E-state index in [0.717, 1.165) is 95.0 Å². The van der Waals surface area contributed by atoms with Gasteiger partial charge < -0.3 is 34.7 Å². The van der Waals surface area contributed by atoms with E-state index in [1.807, 2.05) is 0 Å². The standard InChI is InChI=1S/C43H74NO12P/c1-5-7-14-20-34(45)25-26-37-36(38(46)29-39(37)47)21-15-12-13-18-24-43(49)55-35(31-54-57(50,51)53-28-27-44)30-52-42(48)23-17-11-9-8-10-16-22-41-33(4)32(3)40(56-41)19-6-2/h25-26,34-38,45-46H,5-24,27-31,44H2,1-4H3,(H,50,51)/b26-25+/t34-,35+,36+,37+,38-/m0/s1. The Morgan fingerprint density at radius 1 is 0.860 bits per heavy atom. The van der Waals surface area contributed by atoms with Crippen LogP contribution in [-0.4, -0.2) is 77.5 Å². The van der Waals surface area contributed by atoms with E-state index >= 15 is 0 Å². The number of Topliss-reactive ketones (excluding diaryl/α,β-unsaturated/α-hetero) is 1. The number of aryl methyl sites for hydroxylation is 2. The Bertz CT molecular complexity index is 1380. The highest BCUT2D eigenvalue weighted by Gasteiger charge is 2.39. The average Bonchev–Trinajstić information content (AvgIpc) is 3.60. The van der Waals surface area contributed by atoms with Gasteiger partial charge in [-0.15, -0.1) is 0 Å². The summed E-state index contributed by atoms with van der Waals surface area (Å²) in [5.41, 5.74) is 7.89. The van der Waals surface area contributed by atoms with Gasteiger partial charge in [0.15, 0.2) is 6.10 Å². The number of carbonyl (C=O) groups excluding carboxylic acids is 3. The summed E-state index contributed by atoms with van der Waals surface area (Å²) in [5, 5.41) is 20.8. The Kier molecular flexibility index (Phi) is 25.8. The molecule has 13 nitrogen and oxygen atoms in total. The van der Waals surface area contributed by atoms with Crippen LogP contribution in [0.2, 0.25) is 0 Å². The van der Waals surface area contributed by atoms with Gasteiger partial charge in [-0.2, -0.15) is 0 Å². The Hall–Kier alpha value is -2.38. The third-order valence-corrected chi connectivity index (χ3v) is 11.7. The second kappa shape index (κ2) is 28.9. The Morgan fingerprint density at radius 2 is 1.49 bits per heavy atom. The highest BCUT2D eigenvalue weighted by Crippen LogP contribution is 2.43. The second-order valence-electron chi connectivity index (χ2n) is 15.6. The summed E-state index contributed by atoms with van der Waals surface area (Å²) in [6.07, 6.45) is 17.3. The molecule has 1 fully saturated rings. The first-order valence-electron chi connectivity index (χ1n) is 21.6. The lowest BCUT2D eigenvalue weighted by Gasteiger charge is -2.20. The molecule has 1 heterocycles. The number of aliphatic hydroxyl groups excluding tert-OH is 2. The van der Waals surface area contributed by atoms with E-state index in [1.165, 1.54) is 11.1 Å². The maximum absolute atomic E-state index is 12.7. The molecule has 1 aromatic rings. The van der Waals surface area contributed by atoms with Gasteiger partial charge in [0.2, 0.25) is 0 Å². The van der Waals surface area contributed by atoms with Gasteiger partial charge in [-0.3, -0.25) is 23.4 Å². The molecule has 1 aromatic heterocycles. The van der Waals surface area contributed by atoms with Crippen molar-refractivity contribution in [3.8, 4) is 0 Å². The molecule has 0 saturated heterocycles. The van der Waals surface area contributed by atoms with Gasteiger partial charge >= 0.3 is 19.8 Å². The Balaban J connectivity index is 1.71. The van der Waals surface area contributed by atoms with Crippen LogP contribution in [0.15, 0.2) is 16.6 Å². The molecule has 0 amide bonds. The maximum Gasteiger partial charge on any atom is 0.472 e. The first-order valence-corrected chi connectivity index (χ1v) is 23.1. The van der Waals surface area contributed by atoms with Gasteiger partial charge in [-0.05, 0) is 69.4 Å². The number of unbranched alkanes of at least 4 members (excludes halogenated alkanes) is 10. The number of rotatable bonds is 33. The fourth-order valence-corrected chi connectivity index (χ4v) is 8.00. The van der Waals surface area contributed by atoms with Crippen molar-refractivity contribution < 1.29 is 57.0 Å². The summed E-state index contributed by atoms with van der Waals surface area (Å²) in [5.74, 6) is 0.582. The van der Waals surface area contributed by atoms with Gasteiger partial charge in [0.1, 0.15) is 23.9 Å². The molecule has 1 saturated carbocycles. The minimum Gasteiger partial charge on any atom is -0.466 e. The van der Waals surface area contributed by atoms with Crippen molar-refractivity contribution in [2.75, 3.05) is 26.4 Å². The molecule has 5 N–H and O–H groups in total. The predicted octanol–water partition coefficient (Wildman–Crippen LogP) is 8.07.